The van der Waals surface area contributed by atoms with Crippen LogP contribution in [-0.4, -0.2) is 46.0 Å². The van der Waals surface area contributed by atoms with Gasteiger partial charge in [0.2, 0.25) is 11.8 Å². The van der Waals surface area contributed by atoms with Crippen molar-refractivity contribution in [3.8, 4) is 0 Å². The van der Waals surface area contributed by atoms with Gasteiger partial charge in [0.15, 0.2) is 0 Å². The number of amides is 2. The first kappa shape index (κ1) is 32.2. The van der Waals surface area contributed by atoms with E-state index in [0.29, 0.717) is 48.0 Å². The second-order valence-electron chi connectivity index (χ2n) is 17.8. The molecule has 254 valence electrons. The molecule has 8 heteroatoms. The van der Waals surface area contributed by atoms with E-state index in [4.69, 9.17) is 0 Å². The lowest BCUT2D eigenvalue weighted by Crippen LogP contribution is -2.61. The number of hydrogen-bond donors (Lipinski definition) is 4. The molecular weight excluding hydrogens is 580 g/mol. The van der Waals surface area contributed by atoms with Gasteiger partial charge in [-0.05, 0) is 141 Å². The van der Waals surface area contributed by atoms with E-state index in [0.717, 1.165) is 83.5 Å². The normalized spacial score (nSPS) is 51.7. The number of rotatable bonds is 2. The third kappa shape index (κ3) is 4.64. The number of hydrogen-bond acceptors (Lipinski definition) is 4. The van der Waals surface area contributed by atoms with Gasteiger partial charge in [-0.25, -0.2) is 0 Å². The smallest absolute Gasteiger partial charge is 0.307 e. The van der Waals surface area contributed by atoms with Gasteiger partial charge in [-0.15, -0.1) is 0 Å². The maximum Gasteiger partial charge on any atom is 0.307 e. The lowest BCUT2D eigenvalue weighted by molar-refractivity contribution is -0.152. The molecular formula is C38H56N2O6. The highest BCUT2D eigenvalue weighted by molar-refractivity contribution is 5.89. The van der Waals surface area contributed by atoms with Gasteiger partial charge in [0.05, 0.1) is 11.8 Å². The van der Waals surface area contributed by atoms with Gasteiger partial charge in [0.1, 0.15) is 0 Å². The average Bonchev–Trinajstić information content (AvgIpc) is 3.55. The van der Waals surface area contributed by atoms with Crippen LogP contribution in [0.25, 0.3) is 0 Å². The summed E-state index contributed by atoms with van der Waals surface area (Å²) in [6.07, 6.45) is 18.1. The Bertz CT molecular complexity index is 1330. The predicted octanol–water partition coefficient (Wildman–Crippen LogP) is 6.19. The Morgan fingerprint density at radius 2 is 1.15 bits per heavy atom. The van der Waals surface area contributed by atoms with E-state index in [9.17, 15) is 29.4 Å². The van der Waals surface area contributed by atoms with E-state index in [-0.39, 0.29) is 51.4 Å². The Morgan fingerprint density at radius 3 is 1.74 bits per heavy atom. The lowest BCUT2D eigenvalue weighted by Gasteiger charge is -2.60. The fourth-order valence-corrected chi connectivity index (χ4v) is 13.8. The largest absolute Gasteiger partial charge is 0.481 e. The topological polar surface area (TPSA) is 133 Å². The maximum absolute atomic E-state index is 11.8. The Morgan fingerprint density at radius 1 is 0.630 bits per heavy atom. The van der Waals surface area contributed by atoms with E-state index in [1.165, 1.54) is 0 Å². The van der Waals surface area contributed by atoms with Crippen molar-refractivity contribution >= 4 is 23.8 Å². The van der Waals surface area contributed by atoms with Crippen molar-refractivity contribution in [1.82, 2.24) is 10.6 Å². The first-order valence-electron chi connectivity index (χ1n) is 18.5. The van der Waals surface area contributed by atoms with Crippen molar-refractivity contribution in [3.63, 3.8) is 0 Å². The van der Waals surface area contributed by atoms with Crippen LogP contribution in [0.5, 0.6) is 0 Å². The SMILES string of the molecule is C[C@]12CC[C@H]3[C@@H](CCC4NC(=O)C=C[C@@]43C)[C@@H]1CC[C@@H]2C(=O)O.C[C@]12CC[C@H]3[C@@H](CCC4NC(=O)CC[C@@]43C)[C@@H]1CC[C@@H]2C(=O)O. The van der Waals surface area contributed by atoms with Gasteiger partial charge in [0, 0.05) is 23.9 Å². The average molecular weight is 637 g/mol. The van der Waals surface area contributed by atoms with Gasteiger partial charge in [-0.1, -0.05) is 33.8 Å². The molecule has 0 aromatic rings. The highest BCUT2D eigenvalue weighted by atomic mass is 16.4. The van der Waals surface area contributed by atoms with Crippen LogP contribution in [0.15, 0.2) is 12.2 Å². The predicted molar refractivity (Wildman–Crippen MR) is 173 cm³/mol. The molecule has 46 heavy (non-hydrogen) atoms. The summed E-state index contributed by atoms with van der Waals surface area (Å²) in [5.41, 5.74) is 0.227. The molecule has 8 nitrogen and oxygen atoms in total. The van der Waals surface area contributed by atoms with Gasteiger partial charge < -0.3 is 20.8 Å². The van der Waals surface area contributed by atoms with E-state index in [1.807, 2.05) is 0 Å². The van der Waals surface area contributed by atoms with Crippen molar-refractivity contribution in [3.05, 3.63) is 12.2 Å². The molecule has 2 unspecified atom stereocenters. The molecule has 6 saturated carbocycles. The molecule has 2 amide bonds. The number of carbonyl (C=O) groups excluding carboxylic acids is 2. The third-order valence-corrected chi connectivity index (χ3v) is 16.4. The number of carbonyl (C=O) groups is 4. The van der Waals surface area contributed by atoms with Crippen LogP contribution in [-0.2, 0) is 19.2 Å². The molecule has 2 aliphatic heterocycles. The van der Waals surface area contributed by atoms with Crippen molar-refractivity contribution in [1.29, 1.82) is 0 Å². The van der Waals surface area contributed by atoms with E-state index in [2.05, 4.69) is 44.4 Å². The Kier molecular flexibility index (Phi) is 7.75. The number of carboxylic acids is 2. The second kappa shape index (κ2) is 11.1. The van der Waals surface area contributed by atoms with Gasteiger partial charge >= 0.3 is 11.9 Å². The van der Waals surface area contributed by atoms with Gasteiger partial charge in [-0.3, -0.25) is 19.2 Å². The van der Waals surface area contributed by atoms with E-state index in [1.54, 1.807) is 6.08 Å². The van der Waals surface area contributed by atoms with Crippen LogP contribution in [0.4, 0.5) is 0 Å². The fraction of sp³-hybridized carbons (Fsp3) is 0.842. The molecule has 6 aliphatic carbocycles. The molecule has 0 bridgehead atoms. The summed E-state index contributed by atoms with van der Waals surface area (Å²) >= 11 is 0. The monoisotopic (exact) mass is 636 g/mol. The molecule has 0 aromatic heterocycles. The molecule has 2 heterocycles. The van der Waals surface area contributed by atoms with E-state index >= 15 is 0 Å². The van der Waals surface area contributed by atoms with Gasteiger partial charge in [0.25, 0.3) is 0 Å². The van der Waals surface area contributed by atoms with Crippen molar-refractivity contribution in [2.75, 3.05) is 0 Å². The van der Waals surface area contributed by atoms with E-state index < -0.39 is 11.9 Å². The molecule has 14 atom stereocenters. The Labute approximate surface area is 274 Å². The summed E-state index contributed by atoms with van der Waals surface area (Å²) < 4.78 is 0. The molecule has 8 aliphatic rings. The molecule has 0 spiro atoms. The minimum Gasteiger partial charge on any atom is -0.481 e. The number of nitrogens with one attached hydrogen (secondary N) is 2. The highest BCUT2D eigenvalue weighted by Crippen LogP contribution is 2.66. The summed E-state index contributed by atoms with van der Waals surface area (Å²) in [4.78, 5) is 46.9. The summed E-state index contributed by atoms with van der Waals surface area (Å²) in [6, 6.07) is 0.591. The van der Waals surface area contributed by atoms with Crippen LogP contribution < -0.4 is 10.6 Å². The minimum absolute atomic E-state index is 0.00584. The molecule has 7 fully saturated rings. The quantitative estimate of drug-likeness (QED) is 0.286. The molecule has 8 rings (SSSR count). The summed E-state index contributed by atoms with van der Waals surface area (Å²) in [5.74, 6) is 2.37. The summed E-state index contributed by atoms with van der Waals surface area (Å²) in [5, 5.41) is 25.7. The number of piperidine rings is 1. The number of aliphatic carboxylic acids is 2. The number of carboxylic acid groups (broad SMARTS) is 2. The zero-order valence-electron chi connectivity index (χ0n) is 28.4. The third-order valence-electron chi connectivity index (χ3n) is 16.4. The Balaban J connectivity index is 0.000000147. The zero-order chi connectivity index (χ0) is 32.8. The molecule has 0 radical (unpaired) electrons. The van der Waals surface area contributed by atoms with Crippen molar-refractivity contribution < 1.29 is 29.4 Å². The molecule has 4 N–H and O–H groups in total. The standard InChI is InChI=1S/C19H29NO3.C19H27NO3/c2*1-18-9-7-13-11(12(18)4-5-14(18)17(22)23)3-6-15-19(13,2)10-8-16(21)20-15/h11-15H,3-10H2,1-2H3,(H,20,21)(H,22,23);8,10-15H,3-7,9H2,1-2H3,(H,20,21)(H,22,23)/t2*11-,12-,13-,14+,15?,18-,19+/m00/s1. The van der Waals surface area contributed by atoms with Gasteiger partial charge in [-0.2, -0.15) is 0 Å². The Hall–Kier alpha value is -2.38. The first-order chi connectivity index (χ1) is 21.7. The second-order valence-corrected chi connectivity index (χ2v) is 17.8. The zero-order valence-corrected chi connectivity index (χ0v) is 28.4. The molecule has 1 saturated heterocycles. The molecule has 0 aromatic carbocycles. The summed E-state index contributed by atoms with van der Waals surface area (Å²) in [7, 11) is 0. The number of fused-ring (bicyclic) bond motifs is 10. The van der Waals surface area contributed by atoms with Crippen LogP contribution in [0.2, 0.25) is 0 Å². The lowest BCUT2D eigenvalue weighted by atomic mass is 9.47. The summed E-state index contributed by atoms with van der Waals surface area (Å²) in [6.45, 7) is 9.17. The fourth-order valence-electron chi connectivity index (χ4n) is 13.8. The first-order valence-corrected chi connectivity index (χ1v) is 18.5. The van der Waals surface area contributed by atoms with Crippen LogP contribution in [0.3, 0.4) is 0 Å². The highest BCUT2D eigenvalue weighted by Gasteiger charge is 2.63. The van der Waals surface area contributed by atoms with Crippen molar-refractivity contribution in [2.24, 2.45) is 69.0 Å². The van der Waals surface area contributed by atoms with Crippen LogP contribution in [0, 0.1) is 69.0 Å². The maximum atomic E-state index is 11.8. The minimum atomic E-state index is -0.599. The van der Waals surface area contributed by atoms with Crippen molar-refractivity contribution in [2.45, 2.75) is 130 Å². The van der Waals surface area contributed by atoms with Crippen LogP contribution >= 0.6 is 0 Å². The van der Waals surface area contributed by atoms with Crippen LogP contribution in [0.1, 0.15) is 118 Å².